The first-order valence-corrected chi connectivity index (χ1v) is 8.65. The second-order valence-electron chi connectivity index (χ2n) is 4.54. The third-order valence-corrected chi connectivity index (χ3v) is 5.58. The van der Waals surface area contributed by atoms with Gasteiger partial charge in [0.1, 0.15) is 0 Å². The van der Waals surface area contributed by atoms with E-state index in [0.29, 0.717) is 21.6 Å². The molecular formula is C13H12ClN3O2S2. The fourth-order valence-corrected chi connectivity index (χ4v) is 4.23. The standard InChI is InChI=1S/C13H12ClN3O2S2/c1-8(18)17-4-2-9-6-10(14)12(7-11(9)17)21(19)16-13-15-3-5-20-13/h3,5-7H,2,4H2,1H3,(H,15,16). The lowest BCUT2D eigenvalue weighted by atomic mass is 10.2. The average Bonchev–Trinajstić information content (AvgIpc) is 3.06. The fourth-order valence-electron chi connectivity index (χ4n) is 2.27. The second kappa shape index (κ2) is 5.75. The van der Waals surface area contributed by atoms with Gasteiger partial charge in [-0.15, -0.1) is 11.3 Å². The van der Waals surface area contributed by atoms with E-state index in [1.165, 1.54) is 18.3 Å². The third-order valence-electron chi connectivity index (χ3n) is 3.22. The summed E-state index contributed by atoms with van der Waals surface area (Å²) in [5.74, 6) is -0.0271. The number of nitrogens with zero attached hydrogens (tertiary/aromatic N) is 2. The number of fused-ring (bicyclic) bond motifs is 1. The smallest absolute Gasteiger partial charge is 0.223 e. The Morgan fingerprint density at radius 1 is 1.52 bits per heavy atom. The molecule has 1 unspecified atom stereocenters. The maximum absolute atomic E-state index is 12.4. The molecule has 8 heteroatoms. The molecule has 2 aromatic rings. The van der Waals surface area contributed by atoms with Crippen LogP contribution in [-0.4, -0.2) is 21.6 Å². The summed E-state index contributed by atoms with van der Waals surface area (Å²) in [7, 11) is -1.52. The second-order valence-corrected chi connectivity index (χ2v) is 7.02. The molecule has 0 bridgehead atoms. The largest absolute Gasteiger partial charge is 0.312 e. The van der Waals surface area contributed by atoms with Crippen molar-refractivity contribution in [3.63, 3.8) is 0 Å². The van der Waals surface area contributed by atoms with Crippen LogP contribution in [0.1, 0.15) is 12.5 Å². The van der Waals surface area contributed by atoms with Crippen LogP contribution in [0.3, 0.4) is 0 Å². The number of aromatic nitrogens is 1. The highest BCUT2D eigenvalue weighted by Crippen LogP contribution is 2.35. The molecule has 1 aliphatic rings. The number of rotatable bonds is 3. The first-order chi connectivity index (χ1) is 10.1. The van der Waals surface area contributed by atoms with Crippen molar-refractivity contribution in [1.29, 1.82) is 0 Å². The molecule has 0 fully saturated rings. The number of nitrogens with one attached hydrogen (secondary N) is 1. The quantitative estimate of drug-likeness (QED) is 0.933. The van der Waals surface area contributed by atoms with Crippen LogP contribution in [-0.2, 0) is 22.2 Å². The highest BCUT2D eigenvalue weighted by atomic mass is 35.5. The minimum absolute atomic E-state index is 0.0271. The van der Waals surface area contributed by atoms with Crippen molar-refractivity contribution in [3.05, 3.63) is 34.3 Å². The molecule has 0 saturated carbocycles. The van der Waals surface area contributed by atoms with E-state index in [1.54, 1.807) is 28.6 Å². The summed E-state index contributed by atoms with van der Waals surface area (Å²) in [6.45, 7) is 2.16. The van der Waals surface area contributed by atoms with Crippen molar-refractivity contribution in [3.8, 4) is 0 Å². The molecule has 1 N–H and O–H groups in total. The molecule has 1 aromatic carbocycles. The Morgan fingerprint density at radius 3 is 3.00 bits per heavy atom. The van der Waals surface area contributed by atoms with Gasteiger partial charge in [-0.2, -0.15) is 0 Å². The zero-order chi connectivity index (χ0) is 15.0. The molecule has 0 radical (unpaired) electrons. The van der Waals surface area contributed by atoms with E-state index >= 15 is 0 Å². The van der Waals surface area contributed by atoms with E-state index < -0.39 is 11.0 Å². The van der Waals surface area contributed by atoms with Gasteiger partial charge in [0.15, 0.2) is 16.1 Å². The monoisotopic (exact) mass is 341 g/mol. The van der Waals surface area contributed by atoms with Gasteiger partial charge in [-0.1, -0.05) is 11.6 Å². The number of hydrogen-bond donors (Lipinski definition) is 1. The molecule has 110 valence electrons. The van der Waals surface area contributed by atoms with Gasteiger partial charge in [0, 0.05) is 30.7 Å². The van der Waals surface area contributed by atoms with Crippen molar-refractivity contribution in [1.82, 2.24) is 4.98 Å². The molecule has 0 spiro atoms. The van der Waals surface area contributed by atoms with Gasteiger partial charge in [0.25, 0.3) is 0 Å². The van der Waals surface area contributed by atoms with Gasteiger partial charge < -0.3 is 4.90 Å². The summed E-state index contributed by atoms with van der Waals surface area (Å²) < 4.78 is 15.2. The van der Waals surface area contributed by atoms with Crippen LogP contribution in [0.4, 0.5) is 10.8 Å². The lowest BCUT2D eigenvalue weighted by Crippen LogP contribution is -2.25. The lowest BCUT2D eigenvalue weighted by molar-refractivity contribution is -0.116. The van der Waals surface area contributed by atoms with Crippen LogP contribution >= 0.6 is 22.9 Å². The van der Waals surface area contributed by atoms with Crippen LogP contribution in [0.15, 0.2) is 28.6 Å². The molecule has 1 aromatic heterocycles. The number of amides is 1. The summed E-state index contributed by atoms with van der Waals surface area (Å²) in [4.78, 5) is 17.8. The number of anilines is 2. The molecular weight excluding hydrogens is 330 g/mol. The minimum Gasteiger partial charge on any atom is -0.312 e. The van der Waals surface area contributed by atoms with E-state index in [-0.39, 0.29) is 5.91 Å². The Bertz CT molecular complexity index is 718. The minimum atomic E-state index is -1.52. The number of carbonyl (C=O) groups excluding carboxylic acids is 1. The van der Waals surface area contributed by atoms with Crippen molar-refractivity contribution in [2.75, 3.05) is 16.2 Å². The van der Waals surface area contributed by atoms with E-state index in [0.717, 1.165) is 17.7 Å². The van der Waals surface area contributed by atoms with Crippen LogP contribution in [0.2, 0.25) is 5.02 Å². The maximum atomic E-state index is 12.4. The summed E-state index contributed by atoms with van der Waals surface area (Å²) >= 11 is 7.58. The van der Waals surface area contributed by atoms with E-state index in [1.807, 2.05) is 0 Å². The van der Waals surface area contributed by atoms with E-state index in [2.05, 4.69) is 9.71 Å². The Labute approximate surface area is 133 Å². The molecule has 0 saturated heterocycles. The average molecular weight is 342 g/mol. The zero-order valence-corrected chi connectivity index (χ0v) is 13.5. The van der Waals surface area contributed by atoms with Gasteiger partial charge in [-0.25, -0.2) is 9.19 Å². The molecule has 1 amide bonds. The van der Waals surface area contributed by atoms with Crippen molar-refractivity contribution >= 4 is 50.6 Å². The van der Waals surface area contributed by atoms with Crippen LogP contribution in [0.5, 0.6) is 0 Å². The van der Waals surface area contributed by atoms with Crippen molar-refractivity contribution < 1.29 is 9.00 Å². The molecule has 21 heavy (non-hydrogen) atoms. The predicted octanol–water partition coefficient (Wildman–Crippen LogP) is 2.84. The molecule has 1 atom stereocenters. The normalized spacial score (nSPS) is 14.9. The highest BCUT2D eigenvalue weighted by Gasteiger charge is 2.25. The third kappa shape index (κ3) is 2.81. The van der Waals surface area contributed by atoms with Crippen molar-refractivity contribution in [2.24, 2.45) is 0 Å². The van der Waals surface area contributed by atoms with E-state index in [9.17, 15) is 9.00 Å². The Hall–Kier alpha value is -1.44. The van der Waals surface area contributed by atoms with Gasteiger partial charge in [-0.3, -0.25) is 9.52 Å². The summed E-state index contributed by atoms with van der Waals surface area (Å²) in [6, 6.07) is 3.51. The Balaban J connectivity index is 1.94. The van der Waals surface area contributed by atoms with Crippen LogP contribution in [0, 0.1) is 0 Å². The van der Waals surface area contributed by atoms with Crippen molar-refractivity contribution in [2.45, 2.75) is 18.2 Å². The fraction of sp³-hybridized carbons (Fsp3) is 0.231. The number of hydrogen-bond acceptors (Lipinski definition) is 4. The molecule has 3 rings (SSSR count). The SMILES string of the molecule is CC(=O)N1CCc2cc(Cl)c(S(=O)Nc3nccs3)cc21. The zero-order valence-electron chi connectivity index (χ0n) is 11.1. The summed E-state index contributed by atoms with van der Waals surface area (Å²) in [6.07, 6.45) is 2.40. The Kier molecular flexibility index (Phi) is 3.97. The molecule has 5 nitrogen and oxygen atoms in total. The number of thiazole rings is 1. The van der Waals surface area contributed by atoms with Crippen LogP contribution < -0.4 is 9.62 Å². The molecule has 1 aliphatic heterocycles. The summed E-state index contributed by atoms with van der Waals surface area (Å²) in [5, 5.41) is 2.79. The highest BCUT2D eigenvalue weighted by molar-refractivity contribution is 7.86. The first kappa shape index (κ1) is 14.5. The van der Waals surface area contributed by atoms with Crippen LogP contribution in [0.25, 0.3) is 0 Å². The summed E-state index contributed by atoms with van der Waals surface area (Å²) in [5.41, 5.74) is 1.79. The number of carbonyl (C=O) groups is 1. The van der Waals surface area contributed by atoms with Gasteiger partial charge in [-0.05, 0) is 24.1 Å². The number of benzene rings is 1. The number of halogens is 1. The molecule has 2 heterocycles. The first-order valence-electron chi connectivity index (χ1n) is 6.24. The van der Waals surface area contributed by atoms with Gasteiger partial charge >= 0.3 is 0 Å². The predicted molar refractivity (Wildman–Crippen MR) is 85.3 cm³/mol. The van der Waals surface area contributed by atoms with Gasteiger partial charge in [0.2, 0.25) is 5.91 Å². The lowest BCUT2D eigenvalue weighted by Gasteiger charge is -2.16. The molecule has 0 aliphatic carbocycles. The topological polar surface area (TPSA) is 62.3 Å². The maximum Gasteiger partial charge on any atom is 0.223 e. The van der Waals surface area contributed by atoms with E-state index in [4.69, 9.17) is 11.6 Å². The van der Waals surface area contributed by atoms with Gasteiger partial charge in [0.05, 0.1) is 9.92 Å². The Morgan fingerprint density at radius 2 is 2.33 bits per heavy atom.